The number of benzene rings is 1. The zero-order valence-electron chi connectivity index (χ0n) is 15.8. The van der Waals surface area contributed by atoms with E-state index in [4.69, 9.17) is 20.8 Å². The molecule has 10 heteroatoms. The van der Waals surface area contributed by atoms with Gasteiger partial charge in [0.2, 0.25) is 11.8 Å². The molecule has 0 aliphatic carbocycles. The van der Waals surface area contributed by atoms with Crippen molar-refractivity contribution in [3.63, 3.8) is 0 Å². The summed E-state index contributed by atoms with van der Waals surface area (Å²) < 4.78 is 13.3. The molecule has 1 fully saturated rings. The van der Waals surface area contributed by atoms with Crippen molar-refractivity contribution in [1.82, 2.24) is 29.9 Å². The third-order valence-corrected chi connectivity index (χ3v) is 5.66. The van der Waals surface area contributed by atoms with Gasteiger partial charge in [0.15, 0.2) is 5.16 Å². The van der Waals surface area contributed by atoms with Crippen LogP contribution in [0.1, 0.15) is 11.7 Å². The van der Waals surface area contributed by atoms with Gasteiger partial charge in [0.25, 0.3) is 0 Å². The first-order valence-electron chi connectivity index (χ1n) is 9.27. The first-order valence-corrected chi connectivity index (χ1v) is 10.6. The van der Waals surface area contributed by atoms with Crippen molar-refractivity contribution < 1.29 is 9.15 Å². The second kappa shape index (κ2) is 9.53. The Morgan fingerprint density at radius 1 is 1.10 bits per heavy atom. The molecule has 3 heterocycles. The molecule has 1 aliphatic rings. The molecule has 0 bridgehead atoms. The summed E-state index contributed by atoms with van der Waals surface area (Å²) in [5, 5.41) is 18.5. The molecule has 0 amide bonds. The molecular weight excluding hydrogens is 412 g/mol. The number of allylic oxidation sites excluding steroid dienone is 1. The summed E-state index contributed by atoms with van der Waals surface area (Å²) in [6.45, 7) is 8.56. The van der Waals surface area contributed by atoms with Gasteiger partial charge in [-0.2, -0.15) is 0 Å². The molecule has 2 aromatic heterocycles. The zero-order chi connectivity index (χ0) is 20.1. The van der Waals surface area contributed by atoms with Crippen molar-refractivity contribution in [2.45, 2.75) is 24.0 Å². The first kappa shape index (κ1) is 20.1. The van der Waals surface area contributed by atoms with E-state index in [-0.39, 0.29) is 0 Å². The summed E-state index contributed by atoms with van der Waals surface area (Å²) in [7, 11) is 0. The van der Waals surface area contributed by atoms with Gasteiger partial charge in [-0.25, -0.2) is 0 Å². The van der Waals surface area contributed by atoms with E-state index >= 15 is 0 Å². The molecule has 0 saturated carbocycles. The van der Waals surface area contributed by atoms with Crippen LogP contribution in [0.4, 0.5) is 0 Å². The molecule has 0 N–H and O–H groups in total. The predicted molar refractivity (Wildman–Crippen MR) is 111 cm³/mol. The number of nitrogens with zero attached hydrogens (tertiary/aromatic N) is 6. The monoisotopic (exact) mass is 432 g/mol. The number of halogens is 1. The number of thioether (sulfide) groups is 1. The van der Waals surface area contributed by atoms with Crippen LogP contribution < -0.4 is 0 Å². The molecule has 152 valence electrons. The van der Waals surface area contributed by atoms with Crippen LogP contribution in [0.2, 0.25) is 5.02 Å². The number of aromatic nitrogens is 5. The van der Waals surface area contributed by atoms with Crippen molar-refractivity contribution in [2.24, 2.45) is 0 Å². The highest BCUT2D eigenvalue weighted by Gasteiger charge is 2.18. The fraction of sp³-hybridized carbons (Fsp3) is 0.368. The highest BCUT2D eigenvalue weighted by atomic mass is 35.5. The van der Waals surface area contributed by atoms with Gasteiger partial charge in [0.05, 0.1) is 25.5 Å². The van der Waals surface area contributed by atoms with Crippen LogP contribution in [0, 0.1) is 0 Å². The minimum absolute atomic E-state index is 0.470. The summed E-state index contributed by atoms with van der Waals surface area (Å²) in [6, 6.07) is 7.29. The Morgan fingerprint density at radius 2 is 1.90 bits per heavy atom. The molecule has 8 nitrogen and oxygen atoms in total. The van der Waals surface area contributed by atoms with Crippen LogP contribution in [-0.4, -0.2) is 56.2 Å². The smallest absolute Gasteiger partial charge is 0.247 e. The molecule has 4 rings (SSSR count). The molecule has 0 atom stereocenters. The Hall–Kier alpha value is -2.20. The maximum atomic E-state index is 5.92. The highest BCUT2D eigenvalue weighted by Crippen LogP contribution is 2.25. The Kier molecular flexibility index (Phi) is 6.60. The fourth-order valence-corrected chi connectivity index (χ4v) is 3.89. The zero-order valence-corrected chi connectivity index (χ0v) is 17.4. The molecule has 0 radical (unpaired) electrons. The summed E-state index contributed by atoms with van der Waals surface area (Å²) in [5.74, 6) is 2.43. The van der Waals surface area contributed by atoms with E-state index in [1.54, 1.807) is 12.1 Å². The van der Waals surface area contributed by atoms with Crippen LogP contribution in [-0.2, 0) is 23.6 Å². The topological polar surface area (TPSA) is 82.1 Å². The maximum absolute atomic E-state index is 5.92. The Balaban J connectivity index is 1.42. The van der Waals surface area contributed by atoms with Crippen molar-refractivity contribution in [2.75, 3.05) is 26.3 Å². The molecule has 1 saturated heterocycles. The Labute approximate surface area is 177 Å². The van der Waals surface area contributed by atoms with Crippen molar-refractivity contribution in [3.05, 3.63) is 53.7 Å². The van der Waals surface area contributed by atoms with Gasteiger partial charge in [-0.3, -0.25) is 4.90 Å². The van der Waals surface area contributed by atoms with Crippen LogP contribution in [0.5, 0.6) is 0 Å². The summed E-state index contributed by atoms with van der Waals surface area (Å²) in [5.41, 5.74) is 0.834. The van der Waals surface area contributed by atoms with E-state index in [0.29, 0.717) is 29.1 Å². The van der Waals surface area contributed by atoms with Crippen LogP contribution in [0.3, 0.4) is 0 Å². The molecule has 3 aromatic rings. The largest absolute Gasteiger partial charge is 0.420 e. The van der Waals surface area contributed by atoms with Gasteiger partial charge in [-0.1, -0.05) is 29.4 Å². The second-order valence-corrected chi connectivity index (χ2v) is 7.86. The second-order valence-electron chi connectivity index (χ2n) is 6.48. The molecule has 0 spiro atoms. The standard InChI is InChI=1S/C19H21ClN6O2S/c1-2-7-26-16(12-25-8-10-27-11-9-25)21-24-19(26)29-13-17-22-23-18(28-17)14-3-5-15(20)6-4-14/h2-6H,1,7-13H2. The van der Waals surface area contributed by atoms with Gasteiger partial charge in [0, 0.05) is 30.2 Å². The lowest BCUT2D eigenvalue weighted by molar-refractivity contribution is 0.0325. The predicted octanol–water partition coefficient (Wildman–Crippen LogP) is 3.29. The van der Waals surface area contributed by atoms with E-state index in [0.717, 1.165) is 49.4 Å². The third-order valence-electron chi connectivity index (χ3n) is 4.46. The first-order chi connectivity index (χ1) is 14.2. The van der Waals surface area contributed by atoms with Crippen molar-refractivity contribution in [3.8, 4) is 11.5 Å². The minimum atomic E-state index is 0.470. The number of ether oxygens (including phenoxy) is 1. The molecule has 29 heavy (non-hydrogen) atoms. The van der Waals surface area contributed by atoms with Crippen LogP contribution in [0.25, 0.3) is 11.5 Å². The number of hydrogen-bond donors (Lipinski definition) is 0. The van der Waals surface area contributed by atoms with Gasteiger partial charge in [0.1, 0.15) is 5.82 Å². The van der Waals surface area contributed by atoms with Crippen molar-refractivity contribution >= 4 is 23.4 Å². The SMILES string of the molecule is C=CCn1c(CN2CCOCC2)nnc1SCc1nnc(-c2ccc(Cl)cc2)o1. The summed E-state index contributed by atoms with van der Waals surface area (Å²) >= 11 is 7.44. The third kappa shape index (κ3) is 5.05. The molecule has 0 unspecified atom stereocenters. The van der Waals surface area contributed by atoms with E-state index in [1.807, 2.05) is 18.2 Å². The van der Waals surface area contributed by atoms with E-state index in [9.17, 15) is 0 Å². The Morgan fingerprint density at radius 3 is 2.66 bits per heavy atom. The molecular formula is C19H21ClN6O2S. The average molecular weight is 433 g/mol. The number of morpholine rings is 1. The van der Waals surface area contributed by atoms with Crippen molar-refractivity contribution in [1.29, 1.82) is 0 Å². The van der Waals surface area contributed by atoms with Gasteiger partial charge in [-0.15, -0.1) is 27.0 Å². The van der Waals surface area contributed by atoms with E-state index in [1.165, 1.54) is 11.8 Å². The van der Waals surface area contributed by atoms with E-state index in [2.05, 4.69) is 36.4 Å². The van der Waals surface area contributed by atoms with Gasteiger partial charge >= 0.3 is 0 Å². The maximum Gasteiger partial charge on any atom is 0.247 e. The van der Waals surface area contributed by atoms with Gasteiger partial charge in [-0.05, 0) is 24.3 Å². The summed E-state index contributed by atoms with van der Waals surface area (Å²) in [6.07, 6.45) is 1.85. The Bertz CT molecular complexity index is 952. The minimum Gasteiger partial charge on any atom is -0.420 e. The molecule has 1 aliphatic heterocycles. The van der Waals surface area contributed by atoms with Crippen LogP contribution >= 0.6 is 23.4 Å². The normalized spacial score (nSPS) is 14.9. The average Bonchev–Trinajstić information content (AvgIpc) is 3.36. The molecule has 1 aromatic carbocycles. The fourth-order valence-electron chi connectivity index (χ4n) is 2.96. The lowest BCUT2D eigenvalue weighted by atomic mass is 10.2. The van der Waals surface area contributed by atoms with E-state index < -0.39 is 0 Å². The lowest BCUT2D eigenvalue weighted by Crippen LogP contribution is -2.36. The number of hydrogen-bond acceptors (Lipinski definition) is 8. The lowest BCUT2D eigenvalue weighted by Gasteiger charge is -2.26. The van der Waals surface area contributed by atoms with Gasteiger partial charge < -0.3 is 13.7 Å². The summed E-state index contributed by atoms with van der Waals surface area (Å²) in [4.78, 5) is 2.32. The quantitative estimate of drug-likeness (QED) is 0.396. The number of rotatable bonds is 8. The van der Waals surface area contributed by atoms with Crippen LogP contribution in [0.15, 0.2) is 46.5 Å². The highest BCUT2D eigenvalue weighted by molar-refractivity contribution is 7.98.